The zero-order valence-electron chi connectivity index (χ0n) is 16.7. The summed E-state index contributed by atoms with van der Waals surface area (Å²) in [4.78, 5) is 4.65. The third-order valence-electron chi connectivity index (χ3n) is 4.52. The molecule has 1 heterocycles. The highest BCUT2D eigenvalue weighted by Gasteiger charge is 2.10. The maximum absolute atomic E-state index is 10.1. The predicted molar refractivity (Wildman–Crippen MR) is 119 cm³/mol. The van der Waals surface area contributed by atoms with Crippen molar-refractivity contribution < 1.29 is 9.84 Å². The van der Waals surface area contributed by atoms with Crippen molar-refractivity contribution in [3.8, 4) is 28.8 Å². The number of aromatic nitrogens is 1. The molecule has 0 saturated heterocycles. The van der Waals surface area contributed by atoms with Crippen molar-refractivity contribution in [3.05, 3.63) is 64.0 Å². The summed E-state index contributed by atoms with van der Waals surface area (Å²) in [5.41, 5.74) is 4.43. The van der Waals surface area contributed by atoms with Crippen molar-refractivity contribution in [2.24, 2.45) is 0 Å². The first-order valence-electron chi connectivity index (χ1n) is 9.77. The van der Waals surface area contributed by atoms with Crippen LogP contribution in [0.15, 0.2) is 47.8 Å². The maximum atomic E-state index is 10.1. The summed E-state index contributed by atoms with van der Waals surface area (Å²) < 4.78 is 5.34. The van der Waals surface area contributed by atoms with Crippen molar-refractivity contribution >= 4 is 23.0 Å². The van der Waals surface area contributed by atoms with Crippen LogP contribution in [0.5, 0.6) is 11.5 Å². The van der Waals surface area contributed by atoms with Gasteiger partial charge >= 0.3 is 0 Å². The first kappa shape index (κ1) is 20.6. The summed E-state index contributed by atoms with van der Waals surface area (Å²) >= 11 is 1.44. The molecular formula is C24H24N2O2S. The smallest absolute Gasteiger partial charge is 0.160 e. The summed E-state index contributed by atoms with van der Waals surface area (Å²) in [6.07, 6.45) is 5.20. The van der Waals surface area contributed by atoms with Crippen LogP contribution in [0, 0.1) is 11.3 Å². The first-order valence-corrected chi connectivity index (χ1v) is 10.6. The van der Waals surface area contributed by atoms with E-state index >= 15 is 0 Å². The van der Waals surface area contributed by atoms with Gasteiger partial charge in [0.2, 0.25) is 0 Å². The van der Waals surface area contributed by atoms with Gasteiger partial charge in [-0.1, -0.05) is 43.7 Å². The molecule has 3 rings (SSSR count). The van der Waals surface area contributed by atoms with Crippen molar-refractivity contribution in [2.45, 2.75) is 33.1 Å². The molecule has 0 radical (unpaired) electrons. The molecule has 0 atom stereocenters. The molecule has 0 fully saturated rings. The van der Waals surface area contributed by atoms with Crippen LogP contribution in [0.1, 0.15) is 42.8 Å². The Balaban J connectivity index is 1.81. The molecule has 148 valence electrons. The van der Waals surface area contributed by atoms with Gasteiger partial charge in [0.1, 0.15) is 11.1 Å². The molecule has 0 aliphatic carbocycles. The lowest BCUT2D eigenvalue weighted by molar-refractivity contribution is 0.318. The normalized spacial score (nSPS) is 11.3. The van der Waals surface area contributed by atoms with Crippen LogP contribution in [0.25, 0.3) is 22.9 Å². The van der Waals surface area contributed by atoms with E-state index in [1.165, 1.54) is 29.7 Å². The molecule has 29 heavy (non-hydrogen) atoms. The molecule has 4 nitrogen and oxygen atoms in total. The van der Waals surface area contributed by atoms with Gasteiger partial charge in [0.05, 0.1) is 17.9 Å². The quantitative estimate of drug-likeness (QED) is 0.446. The number of ether oxygens (including phenoxy) is 1. The van der Waals surface area contributed by atoms with Crippen LogP contribution in [-0.2, 0) is 6.42 Å². The van der Waals surface area contributed by atoms with Gasteiger partial charge in [0.25, 0.3) is 0 Å². The van der Waals surface area contributed by atoms with Crippen LogP contribution in [0.3, 0.4) is 0 Å². The van der Waals surface area contributed by atoms with Crippen LogP contribution < -0.4 is 4.74 Å². The number of phenols is 1. The Morgan fingerprint density at radius 2 is 2.00 bits per heavy atom. The van der Waals surface area contributed by atoms with E-state index in [9.17, 15) is 10.4 Å². The van der Waals surface area contributed by atoms with Gasteiger partial charge in [-0.25, -0.2) is 4.98 Å². The van der Waals surface area contributed by atoms with E-state index < -0.39 is 0 Å². The fourth-order valence-corrected chi connectivity index (χ4v) is 3.76. The van der Waals surface area contributed by atoms with Crippen LogP contribution in [-0.4, -0.2) is 16.7 Å². The van der Waals surface area contributed by atoms with Crippen molar-refractivity contribution in [2.75, 3.05) is 6.61 Å². The molecule has 1 aromatic heterocycles. The third kappa shape index (κ3) is 5.24. The fraction of sp³-hybridized carbons (Fsp3) is 0.250. The highest BCUT2D eigenvalue weighted by atomic mass is 32.1. The number of allylic oxidation sites excluding steroid dienone is 1. The lowest BCUT2D eigenvalue weighted by Crippen LogP contribution is -1.91. The lowest BCUT2D eigenvalue weighted by atomic mass is 10.1. The number of nitriles is 1. The molecule has 2 aromatic carbocycles. The van der Waals surface area contributed by atoms with Crippen LogP contribution in [0.4, 0.5) is 0 Å². The monoisotopic (exact) mass is 404 g/mol. The molecule has 0 aliphatic heterocycles. The topological polar surface area (TPSA) is 66.1 Å². The van der Waals surface area contributed by atoms with Gasteiger partial charge in [-0.3, -0.25) is 0 Å². The molecule has 1 N–H and O–H groups in total. The number of benzene rings is 2. The summed E-state index contributed by atoms with van der Waals surface area (Å²) in [7, 11) is 0. The molecule has 0 aliphatic rings. The van der Waals surface area contributed by atoms with E-state index in [1.807, 2.05) is 18.4 Å². The second-order valence-corrected chi connectivity index (χ2v) is 7.53. The number of thiazole rings is 1. The maximum Gasteiger partial charge on any atom is 0.160 e. The number of aryl methyl sites for hydroxylation is 1. The van der Waals surface area contributed by atoms with Gasteiger partial charge < -0.3 is 9.84 Å². The van der Waals surface area contributed by atoms with Crippen molar-refractivity contribution in [1.82, 2.24) is 4.98 Å². The average molecular weight is 405 g/mol. The molecule has 3 aromatic rings. The Morgan fingerprint density at radius 1 is 1.21 bits per heavy atom. The zero-order valence-corrected chi connectivity index (χ0v) is 17.5. The fourth-order valence-electron chi connectivity index (χ4n) is 2.96. The number of nitrogens with zero attached hydrogens (tertiary/aromatic N) is 2. The summed E-state index contributed by atoms with van der Waals surface area (Å²) in [5, 5.41) is 22.3. The van der Waals surface area contributed by atoms with Gasteiger partial charge in [-0.05, 0) is 49.1 Å². The molecule has 0 spiro atoms. The largest absolute Gasteiger partial charge is 0.504 e. The van der Waals surface area contributed by atoms with Crippen molar-refractivity contribution in [1.29, 1.82) is 5.26 Å². The molecule has 0 bridgehead atoms. The highest BCUT2D eigenvalue weighted by molar-refractivity contribution is 7.11. The Morgan fingerprint density at radius 3 is 2.66 bits per heavy atom. The summed E-state index contributed by atoms with van der Waals surface area (Å²) in [6.45, 7) is 4.54. The van der Waals surface area contributed by atoms with E-state index in [4.69, 9.17) is 4.74 Å². The molecular weight excluding hydrogens is 380 g/mol. The number of hydrogen-bond donors (Lipinski definition) is 1. The van der Waals surface area contributed by atoms with Crippen LogP contribution in [0.2, 0.25) is 0 Å². The summed E-state index contributed by atoms with van der Waals surface area (Å²) in [5.74, 6) is 0.489. The predicted octanol–water partition coefficient (Wildman–Crippen LogP) is 6.32. The average Bonchev–Trinajstić information content (AvgIpc) is 3.23. The van der Waals surface area contributed by atoms with Gasteiger partial charge in [-0.15, -0.1) is 11.3 Å². The van der Waals surface area contributed by atoms with E-state index in [-0.39, 0.29) is 5.75 Å². The Hall–Kier alpha value is -3.10. The van der Waals surface area contributed by atoms with Crippen LogP contribution >= 0.6 is 11.3 Å². The standard InChI is InChI=1S/C24H24N2O2S/c1-3-5-6-17-7-10-19(11-8-17)21-16-29-24(26-21)20(15-25)13-18-9-12-23(28-4-2)22(27)14-18/h7-14,16,27H,3-6H2,1-2H3. The van der Waals surface area contributed by atoms with E-state index in [1.54, 1.807) is 18.2 Å². The minimum Gasteiger partial charge on any atom is -0.504 e. The SMILES string of the molecule is CCCCc1ccc(-c2csc(C(C#N)=Cc3ccc(OCC)c(O)c3)n2)cc1. The number of phenolic OH excluding ortho intramolecular Hbond substituents is 1. The van der Waals surface area contributed by atoms with Gasteiger partial charge in [0.15, 0.2) is 11.5 Å². The Labute approximate surface area is 175 Å². The molecule has 5 heteroatoms. The summed E-state index contributed by atoms with van der Waals surface area (Å²) in [6, 6.07) is 15.8. The van der Waals surface area contributed by atoms with Gasteiger partial charge in [-0.2, -0.15) is 5.26 Å². The van der Waals surface area contributed by atoms with E-state index in [0.29, 0.717) is 22.9 Å². The Kier molecular flexibility index (Phi) is 7.04. The molecule has 0 saturated carbocycles. The molecule has 0 unspecified atom stereocenters. The minimum absolute atomic E-state index is 0.0564. The zero-order chi connectivity index (χ0) is 20.6. The van der Waals surface area contributed by atoms with Crippen molar-refractivity contribution in [3.63, 3.8) is 0 Å². The number of hydrogen-bond acceptors (Lipinski definition) is 5. The number of unbranched alkanes of at least 4 members (excludes halogenated alkanes) is 1. The minimum atomic E-state index is 0.0564. The second kappa shape index (κ2) is 9.90. The van der Waals surface area contributed by atoms with E-state index in [2.05, 4.69) is 42.2 Å². The first-order chi connectivity index (χ1) is 14.1. The highest BCUT2D eigenvalue weighted by Crippen LogP contribution is 2.30. The van der Waals surface area contributed by atoms with Gasteiger partial charge in [0, 0.05) is 10.9 Å². The Bertz CT molecular complexity index is 1030. The third-order valence-corrected chi connectivity index (χ3v) is 5.39. The molecule has 0 amide bonds. The van der Waals surface area contributed by atoms with E-state index in [0.717, 1.165) is 23.2 Å². The second-order valence-electron chi connectivity index (χ2n) is 6.67. The number of rotatable bonds is 8. The number of aromatic hydroxyl groups is 1. The lowest BCUT2D eigenvalue weighted by Gasteiger charge is -2.06.